The van der Waals surface area contributed by atoms with Crippen LogP contribution in [0.3, 0.4) is 0 Å². The molecule has 0 bridgehead atoms. The third-order valence-corrected chi connectivity index (χ3v) is 9.72. The van der Waals surface area contributed by atoms with Crippen molar-refractivity contribution in [2.24, 2.45) is 46.3 Å². The number of carbonyl (C=O) groups is 4. The second-order valence-electron chi connectivity index (χ2n) is 10.9. The van der Waals surface area contributed by atoms with Gasteiger partial charge in [0.15, 0.2) is 0 Å². The van der Waals surface area contributed by atoms with Crippen molar-refractivity contribution in [2.45, 2.75) is 78.6 Å². The van der Waals surface area contributed by atoms with Crippen LogP contribution in [0.2, 0.25) is 0 Å². The first-order chi connectivity index (χ1) is 13.6. The van der Waals surface area contributed by atoms with Gasteiger partial charge in [-0.05, 0) is 60.7 Å². The second kappa shape index (κ2) is 7.02. The lowest BCUT2D eigenvalue weighted by atomic mass is 9.44. The van der Waals surface area contributed by atoms with Gasteiger partial charge in [0.05, 0.1) is 0 Å². The van der Waals surface area contributed by atoms with Gasteiger partial charge >= 0.3 is 5.97 Å². The van der Waals surface area contributed by atoms with Gasteiger partial charge in [-0.25, -0.2) is 0 Å². The Labute approximate surface area is 173 Å². The van der Waals surface area contributed by atoms with E-state index in [1.54, 1.807) is 0 Å². The number of ketones is 3. The van der Waals surface area contributed by atoms with Crippen LogP contribution in [0, 0.1) is 46.3 Å². The molecule has 1 N–H and O–H groups in total. The molecule has 4 saturated carbocycles. The average Bonchev–Trinajstić information content (AvgIpc) is 3.01. The summed E-state index contributed by atoms with van der Waals surface area (Å²) in [4.78, 5) is 50.0. The molecule has 29 heavy (non-hydrogen) atoms. The lowest BCUT2D eigenvalue weighted by molar-refractivity contribution is -0.166. The fourth-order valence-electron chi connectivity index (χ4n) is 7.94. The van der Waals surface area contributed by atoms with Crippen molar-refractivity contribution in [3.8, 4) is 0 Å². The van der Waals surface area contributed by atoms with Gasteiger partial charge < -0.3 is 5.11 Å². The topological polar surface area (TPSA) is 88.5 Å². The highest BCUT2D eigenvalue weighted by atomic mass is 16.4. The van der Waals surface area contributed by atoms with Gasteiger partial charge in [0.25, 0.3) is 0 Å². The van der Waals surface area contributed by atoms with Gasteiger partial charge in [-0.1, -0.05) is 20.8 Å². The van der Waals surface area contributed by atoms with E-state index in [0.717, 1.165) is 19.3 Å². The molecule has 4 aliphatic carbocycles. The van der Waals surface area contributed by atoms with Crippen LogP contribution < -0.4 is 0 Å². The molecular weight excluding hydrogens is 368 g/mol. The standard InChI is InChI=1S/C24H34O5/c1-13(4-7-21(28)29)16-5-6-17-22-18(12-20(27)24(16,17)3)23(2)9-8-15(25)10-14(23)11-19(22)26/h13-14,16-18,22H,4-12H2,1-3H3,(H,28,29)/t13-,14+,16-,17+,18+,22+,23+,24-/m1/s1. The predicted molar refractivity (Wildman–Crippen MR) is 107 cm³/mol. The Balaban J connectivity index is 1.63. The van der Waals surface area contributed by atoms with Crippen LogP contribution in [0.4, 0.5) is 0 Å². The Bertz CT molecular complexity index is 756. The van der Waals surface area contributed by atoms with E-state index in [4.69, 9.17) is 5.11 Å². The summed E-state index contributed by atoms with van der Waals surface area (Å²) in [7, 11) is 0. The van der Waals surface area contributed by atoms with Gasteiger partial charge in [-0.3, -0.25) is 19.2 Å². The Morgan fingerprint density at radius 2 is 1.83 bits per heavy atom. The summed E-state index contributed by atoms with van der Waals surface area (Å²) in [5.41, 5.74) is -0.598. The predicted octanol–water partition coefficient (Wildman–Crippen LogP) is 4.07. The number of aliphatic carboxylic acids is 1. The van der Waals surface area contributed by atoms with Crippen molar-refractivity contribution < 1.29 is 24.3 Å². The molecule has 0 unspecified atom stereocenters. The van der Waals surface area contributed by atoms with Gasteiger partial charge in [0.2, 0.25) is 0 Å². The van der Waals surface area contributed by atoms with Crippen molar-refractivity contribution in [3.05, 3.63) is 0 Å². The normalized spacial score (nSPS) is 45.3. The summed E-state index contributed by atoms with van der Waals surface area (Å²) in [6.45, 7) is 6.37. The van der Waals surface area contributed by atoms with Crippen molar-refractivity contribution in [3.63, 3.8) is 0 Å². The van der Waals surface area contributed by atoms with Gasteiger partial charge in [0, 0.05) is 43.4 Å². The molecule has 4 fully saturated rings. The van der Waals surface area contributed by atoms with Crippen molar-refractivity contribution in [1.82, 2.24) is 0 Å². The molecule has 0 spiro atoms. The zero-order valence-electron chi connectivity index (χ0n) is 17.9. The first-order valence-electron chi connectivity index (χ1n) is 11.4. The minimum absolute atomic E-state index is 0.0659. The fourth-order valence-corrected chi connectivity index (χ4v) is 7.94. The molecule has 0 aromatic heterocycles. The van der Waals surface area contributed by atoms with E-state index in [1.165, 1.54) is 0 Å². The van der Waals surface area contributed by atoms with E-state index in [-0.39, 0.29) is 64.7 Å². The molecule has 160 valence electrons. The maximum atomic E-state index is 13.6. The highest BCUT2D eigenvalue weighted by molar-refractivity contribution is 5.93. The van der Waals surface area contributed by atoms with Crippen LogP contribution >= 0.6 is 0 Å². The monoisotopic (exact) mass is 402 g/mol. The lowest BCUT2D eigenvalue weighted by Gasteiger charge is -2.58. The SMILES string of the molecule is C[C@H](CCC(=O)O)[C@H]1CC[C@H]2[C@@H]3C(=O)C[C@@H]4CC(=O)CC[C@]4(C)[C@H]3CC(=O)[C@]12C. The third kappa shape index (κ3) is 3.02. The Hall–Kier alpha value is -1.52. The Morgan fingerprint density at radius 1 is 1.10 bits per heavy atom. The highest BCUT2D eigenvalue weighted by Gasteiger charge is 2.66. The van der Waals surface area contributed by atoms with Crippen molar-refractivity contribution in [2.75, 3.05) is 0 Å². The molecule has 0 aromatic carbocycles. The van der Waals surface area contributed by atoms with Crippen LogP contribution in [0.1, 0.15) is 78.6 Å². The zero-order valence-corrected chi connectivity index (χ0v) is 17.9. The number of carbonyl (C=O) groups excluding carboxylic acids is 3. The summed E-state index contributed by atoms with van der Waals surface area (Å²) in [5, 5.41) is 9.06. The molecule has 4 rings (SSSR count). The van der Waals surface area contributed by atoms with Crippen LogP contribution in [-0.2, 0) is 19.2 Å². The third-order valence-electron chi connectivity index (χ3n) is 9.72. The van der Waals surface area contributed by atoms with E-state index < -0.39 is 11.4 Å². The highest BCUT2D eigenvalue weighted by Crippen LogP contribution is 2.66. The number of fused-ring (bicyclic) bond motifs is 5. The Kier molecular flexibility index (Phi) is 5.02. The minimum Gasteiger partial charge on any atom is -0.481 e. The lowest BCUT2D eigenvalue weighted by Crippen LogP contribution is -2.60. The number of Topliss-reactive ketones (excluding diaryl/α,β-unsaturated/α-hetero) is 3. The maximum Gasteiger partial charge on any atom is 0.303 e. The van der Waals surface area contributed by atoms with E-state index in [9.17, 15) is 19.2 Å². The van der Waals surface area contributed by atoms with Crippen molar-refractivity contribution in [1.29, 1.82) is 0 Å². The molecule has 8 atom stereocenters. The summed E-state index contributed by atoms with van der Waals surface area (Å²) in [6.07, 6.45) is 5.33. The summed E-state index contributed by atoms with van der Waals surface area (Å²) in [5.74, 6) is 0.524. The Morgan fingerprint density at radius 3 is 2.52 bits per heavy atom. The summed E-state index contributed by atoms with van der Waals surface area (Å²) in [6, 6.07) is 0. The fraction of sp³-hybridized carbons (Fsp3) is 0.833. The molecule has 5 heteroatoms. The number of hydrogen-bond acceptors (Lipinski definition) is 4. The first-order valence-corrected chi connectivity index (χ1v) is 11.4. The van der Waals surface area contributed by atoms with Gasteiger partial charge in [0.1, 0.15) is 17.3 Å². The number of carboxylic acid groups (broad SMARTS) is 1. The van der Waals surface area contributed by atoms with Crippen LogP contribution in [0.15, 0.2) is 0 Å². The number of rotatable bonds is 4. The maximum absolute atomic E-state index is 13.6. The molecule has 4 aliphatic rings. The smallest absolute Gasteiger partial charge is 0.303 e. The minimum atomic E-state index is -0.792. The summed E-state index contributed by atoms with van der Waals surface area (Å²) >= 11 is 0. The molecular formula is C24H34O5. The number of hydrogen-bond donors (Lipinski definition) is 1. The van der Waals surface area contributed by atoms with Crippen LogP contribution in [-0.4, -0.2) is 28.4 Å². The first kappa shape index (κ1) is 20.7. The van der Waals surface area contributed by atoms with E-state index in [1.807, 2.05) is 0 Å². The van der Waals surface area contributed by atoms with Gasteiger partial charge in [-0.15, -0.1) is 0 Å². The second-order valence-corrected chi connectivity index (χ2v) is 10.9. The van der Waals surface area contributed by atoms with E-state index in [2.05, 4.69) is 20.8 Å². The molecule has 0 saturated heterocycles. The number of carboxylic acids is 1. The van der Waals surface area contributed by atoms with E-state index >= 15 is 0 Å². The molecule has 0 aromatic rings. The average molecular weight is 403 g/mol. The van der Waals surface area contributed by atoms with Crippen LogP contribution in [0.5, 0.6) is 0 Å². The zero-order chi connectivity index (χ0) is 21.1. The largest absolute Gasteiger partial charge is 0.481 e. The van der Waals surface area contributed by atoms with Gasteiger partial charge in [-0.2, -0.15) is 0 Å². The molecule has 0 aliphatic heterocycles. The van der Waals surface area contributed by atoms with Crippen molar-refractivity contribution >= 4 is 23.3 Å². The molecule has 0 heterocycles. The summed E-state index contributed by atoms with van der Waals surface area (Å²) < 4.78 is 0. The van der Waals surface area contributed by atoms with E-state index in [0.29, 0.717) is 32.1 Å². The van der Waals surface area contributed by atoms with Crippen LogP contribution in [0.25, 0.3) is 0 Å². The molecule has 0 radical (unpaired) electrons. The molecule has 5 nitrogen and oxygen atoms in total. The molecule has 0 amide bonds. The quantitative estimate of drug-likeness (QED) is 0.766.